The summed E-state index contributed by atoms with van der Waals surface area (Å²) in [5, 5.41) is 6.30. The predicted molar refractivity (Wildman–Crippen MR) is 77.9 cm³/mol. The first-order valence-electron chi connectivity index (χ1n) is 6.48. The highest BCUT2D eigenvalue weighted by molar-refractivity contribution is 5.89. The van der Waals surface area contributed by atoms with Crippen LogP contribution in [0.5, 0.6) is 0 Å². The molecule has 3 nitrogen and oxygen atoms in total. The van der Waals surface area contributed by atoms with Gasteiger partial charge in [-0.1, -0.05) is 18.2 Å². The molecule has 3 heteroatoms. The van der Waals surface area contributed by atoms with Crippen molar-refractivity contribution in [1.82, 2.24) is 0 Å². The van der Waals surface area contributed by atoms with Crippen molar-refractivity contribution >= 4 is 23.0 Å². The Bertz CT molecular complexity index is 634. The number of rotatable bonds is 1. The molecule has 96 valence electrons. The Kier molecular flexibility index (Phi) is 2.95. The Morgan fingerprint density at radius 2 is 1.79 bits per heavy atom. The molecule has 0 radical (unpaired) electrons. The van der Waals surface area contributed by atoms with E-state index in [2.05, 4.69) is 34.9 Å². The van der Waals surface area contributed by atoms with Crippen molar-refractivity contribution in [3.05, 3.63) is 53.6 Å². The normalized spacial score (nSPS) is 12.7. The lowest BCUT2D eigenvalue weighted by molar-refractivity contribution is -0.114. The number of carbonyl (C=O) groups excluding carboxylic acids is 1. The molecular weight excluding hydrogens is 236 g/mol. The molecule has 0 spiro atoms. The van der Waals surface area contributed by atoms with Gasteiger partial charge in [0.05, 0.1) is 0 Å². The molecule has 0 bridgehead atoms. The summed E-state index contributed by atoms with van der Waals surface area (Å²) in [6.07, 6.45) is 1.99. The first-order chi connectivity index (χ1) is 9.22. The van der Waals surface area contributed by atoms with Gasteiger partial charge in [0.1, 0.15) is 0 Å². The van der Waals surface area contributed by atoms with E-state index < -0.39 is 0 Å². The molecule has 0 aromatic heterocycles. The zero-order chi connectivity index (χ0) is 13.2. The Morgan fingerprint density at radius 1 is 1.05 bits per heavy atom. The zero-order valence-corrected chi connectivity index (χ0v) is 10.9. The van der Waals surface area contributed by atoms with E-state index in [0.29, 0.717) is 0 Å². The molecule has 19 heavy (non-hydrogen) atoms. The Hall–Kier alpha value is -2.29. The summed E-state index contributed by atoms with van der Waals surface area (Å²) in [7, 11) is 0. The summed E-state index contributed by atoms with van der Waals surface area (Å²) >= 11 is 0. The number of hydrogen-bond donors (Lipinski definition) is 2. The van der Waals surface area contributed by atoms with Gasteiger partial charge in [0.15, 0.2) is 0 Å². The lowest BCUT2D eigenvalue weighted by atomic mass is 10.0. The highest BCUT2D eigenvalue weighted by atomic mass is 16.1. The molecule has 1 aliphatic rings. The van der Waals surface area contributed by atoms with Crippen LogP contribution in [-0.2, 0) is 17.6 Å². The van der Waals surface area contributed by atoms with E-state index in [1.54, 1.807) is 0 Å². The summed E-state index contributed by atoms with van der Waals surface area (Å²) in [5.41, 5.74) is 5.73. The van der Waals surface area contributed by atoms with Gasteiger partial charge in [0, 0.05) is 24.0 Å². The van der Waals surface area contributed by atoms with Crippen molar-refractivity contribution in [2.75, 3.05) is 10.6 Å². The number of para-hydroxylation sites is 1. The van der Waals surface area contributed by atoms with Crippen LogP contribution in [0.15, 0.2) is 42.5 Å². The van der Waals surface area contributed by atoms with E-state index >= 15 is 0 Å². The number of carbonyl (C=O) groups is 1. The minimum Gasteiger partial charge on any atom is -0.355 e. The molecule has 0 saturated carbocycles. The van der Waals surface area contributed by atoms with Crippen LogP contribution in [-0.4, -0.2) is 5.91 Å². The van der Waals surface area contributed by atoms with Crippen molar-refractivity contribution in [1.29, 1.82) is 0 Å². The van der Waals surface area contributed by atoms with Gasteiger partial charge in [-0.3, -0.25) is 4.79 Å². The van der Waals surface area contributed by atoms with Gasteiger partial charge < -0.3 is 10.6 Å². The number of amides is 1. The summed E-state index contributed by atoms with van der Waals surface area (Å²) in [4.78, 5) is 11.1. The maximum absolute atomic E-state index is 11.1. The summed E-state index contributed by atoms with van der Waals surface area (Å²) in [6, 6.07) is 14.4. The van der Waals surface area contributed by atoms with Crippen molar-refractivity contribution in [2.45, 2.75) is 19.8 Å². The number of hydrogen-bond acceptors (Lipinski definition) is 2. The molecule has 0 aliphatic carbocycles. The summed E-state index contributed by atoms with van der Waals surface area (Å²) in [6.45, 7) is 1.53. The highest BCUT2D eigenvalue weighted by Gasteiger charge is 2.12. The average molecular weight is 252 g/mol. The second-order valence-corrected chi connectivity index (χ2v) is 4.84. The molecule has 0 fully saturated rings. The quantitative estimate of drug-likeness (QED) is 0.815. The average Bonchev–Trinajstić information content (AvgIpc) is 2.57. The molecule has 1 amide bonds. The molecular formula is C16H16N2O. The second-order valence-electron chi connectivity index (χ2n) is 4.84. The molecule has 2 aromatic carbocycles. The van der Waals surface area contributed by atoms with Crippen molar-refractivity contribution in [3.63, 3.8) is 0 Å². The monoisotopic (exact) mass is 252 g/mol. The maximum Gasteiger partial charge on any atom is 0.221 e. The van der Waals surface area contributed by atoms with E-state index in [9.17, 15) is 4.79 Å². The van der Waals surface area contributed by atoms with Crippen LogP contribution in [0.1, 0.15) is 18.1 Å². The maximum atomic E-state index is 11.1. The fourth-order valence-electron chi connectivity index (χ4n) is 2.48. The summed E-state index contributed by atoms with van der Waals surface area (Å²) < 4.78 is 0. The van der Waals surface area contributed by atoms with Gasteiger partial charge in [0.2, 0.25) is 5.91 Å². The van der Waals surface area contributed by atoms with Gasteiger partial charge in [0.25, 0.3) is 0 Å². The van der Waals surface area contributed by atoms with Gasteiger partial charge in [-0.25, -0.2) is 0 Å². The number of fused-ring (bicyclic) bond motifs is 2. The minimum absolute atomic E-state index is 0.0372. The van der Waals surface area contributed by atoms with Gasteiger partial charge >= 0.3 is 0 Å². The minimum atomic E-state index is -0.0372. The summed E-state index contributed by atoms with van der Waals surface area (Å²) in [5.74, 6) is -0.0372. The van der Waals surface area contributed by atoms with E-state index in [4.69, 9.17) is 0 Å². The molecule has 1 aliphatic heterocycles. The van der Waals surface area contributed by atoms with Crippen LogP contribution in [0.2, 0.25) is 0 Å². The molecule has 0 atom stereocenters. The third-order valence-electron chi connectivity index (χ3n) is 3.38. The van der Waals surface area contributed by atoms with Crippen molar-refractivity contribution < 1.29 is 4.79 Å². The molecule has 0 unspecified atom stereocenters. The Morgan fingerprint density at radius 3 is 2.63 bits per heavy atom. The topological polar surface area (TPSA) is 41.1 Å². The van der Waals surface area contributed by atoms with Crippen LogP contribution in [0.3, 0.4) is 0 Å². The van der Waals surface area contributed by atoms with Gasteiger partial charge in [-0.05, 0) is 48.2 Å². The van der Waals surface area contributed by atoms with E-state index in [0.717, 1.165) is 24.2 Å². The molecule has 0 saturated heterocycles. The van der Waals surface area contributed by atoms with Crippen LogP contribution in [0.4, 0.5) is 17.1 Å². The molecule has 2 aromatic rings. The van der Waals surface area contributed by atoms with E-state index in [-0.39, 0.29) is 5.91 Å². The van der Waals surface area contributed by atoms with E-state index in [1.807, 2.05) is 18.2 Å². The predicted octanol–water partition coefficient (Wildman–Crippen LogP) is 3.49. The number of anilines is 3. The van der Waals surface area contributed by atoms with Crippen molar-refractivity contribution in [3.8, 4) is 0 Å². The van der Waals surface area contributed by atoms with Gasteiger partial charge in [-0.2, -0.15) is 0 Å². The Balaban J connectivity index is 1.95. The fourth-order valence-corrected chi connectivity index (χ4v) is 2.48. The highest BCUT2D eigenvalue weighted by Crippen LogP contribution is 2.31. The zero-order valence-electron chi connectivity index (χ0n) is 10.9. The first kappa shape index (κ1) is 11.8. The van der Waals surface area contributed by atoms with E-state index in [1.165, 1.54) is 23.7 Å². The van der Waals surface area contributed by atoms with Crippen LogP contribution in [0.25, 0.3) is 0 Å². The lowest BCUT2D eigenvalue weighted by Gasteiger charge is -2.11. The number of benzene rings is 2. The third-order valence-corrected chi connectivity index (χ3v) is 3.38. The van der Waals surface area contributed by atoms with Crippen molar-refractivity contribution in [2.24, 2.45) is 0 Å². The standard InChI is InChI=1S/C16H16N2O/c1-11(19)17-14-8-9-16-13(10-14)7-6-12-4-2-3-5-15(12)18-16/h2-5,8-10,18H,6-7H2,1H3,(H,17,19). The van der Waals surface area contributed by atoms with Crippen LogP contribution >= 0.6 is 0 Å². The first-order valence-corrected chi connectivity index (χ1v) is 6.48. The fraction of sp³-hybridized carbons (Fsp3) is 0.188. The van der Waals surface area contributed by atoms with Crippen LogP contribution in [0, 0.1) is 0 Å². The number of nitrogens with one attached hydrogen (secondary N) is 2. The molecule has 2 N–H and O–H groups in total. The largest absolute Gasteiger partial charge is 0.355 e. The third kappa shape index (κ3) is 2.45. The molecule has 1 heterocycles. The smallest absolute Gasteiger partial charge is 0.221 e. The van der Waals surface area contributed by atoms with Gasteiger partial charge in [-0.15, -0.1) is 0 Å². The second kappa shape index (κ2) is 4.76. The molecule has 3 rings (SSSR count). The SMILES string of the molecule is CC(=O)Nc1ccc2c(c1)CCc1ccccc1N2. The van der Waals surface area contributed by atoms with Crippen LogP contribution < -0.4 is 10.6 Å². The Labute approximate surface area is 112 Å². The lowest BCUT2D eigenvalue weighted by Crippen LogP contribution is -2.06. The number of aryl methyl sites for hydroxylation is 2.